The summed E-state index contributed by atoms with van der Waals surface area (Å²) < 4.78 is 13.8. The van der Waals surface area contributed by atoms with E-state index in [-0.39, 0.29) is 10.8 Å². The standard InChI is InChI=1S/C10H8FN5O3S/c1-15-9(7(5-13-15)16(18)19)10(17)14-12-4-6-2-3-8(11)20-6/h2-5H,1H3,(H,14,17)/b12-4-. The van der Waals surface area contributed by atoms with E-state index in [2.05, 4.69) is 15.6 Å². The fourth-order valence-corrected chi connectivity index (χ4v) is 2.03. The quantitative estimate of drug-likeness (QED) is 0.522. The van der Waals surface area contributed by atoms with E-state index in [1.165, 1.54) is 25.4 Å². The minimum absolute atomic E-state index is 0.218. The number of nitrogens with zero attached hydrogens (tertiary/aromatic N) is 4. The normalized spacial score (nSPS) is 10.9. The average Bonchev–Trinajstić information content (AvgIpc) is 2.95. The second kappa shape index (κ2) is 5.57. The third-order valence-electron chi connectivity index (χ3n) is 2.28. The third-order valence-corrected chi connectivity index (χ3v) is 3.09. The molecule has 0 fully saturated rings. The van der Waals surface area contributed by atoms with Gasteiger partial charge in [-0.25, -0.2) is 5.43 Å². The van der Waals surface area contributed by atoms with Gasteiger partial charge in [-0.05, 0) is 12.1 Å². The molecule has 104 valence electrons. The Morgan fingerprint density at radius 2 is 2.40 bits per heavy atom. The van der Waals surface area contributed by atoms with Crippen LogP contribution in [-0.2, 0) is 7.05 Å². The van der Waals surface area contributed by atoms with Gasteiger partial charge in [-0.3, -0.25) is 19.6 Å². The Kier molecular flexibility index (Phi) is 3.84. The molecule has 10 heteroatoms. The van der Waals surface area contributed by atoms with Gasteiger partial charge in [-0.15, -0.1) is 11.3 Å². The summed E-state index contributed by atoms with van der Waals surface area (Å²) in [5, 5.41) is 17.6. The van der Waals surface area contributed by atoms with Crippen molar-refractivity contribution in [2.24, 2.45) is 12.1 Å². The van der Waals surface area contributed by atoms with Gasteiger partial charge in [0, 0.05) is 7.05 Å². The molecule has 0 saturated carbocycles. The van der Waals surface area contributed by atoms with Crippen LogP contribution in [0.4, 0.5) is 10.1 Å². The van der Waals surface area contributed by atoms with Gasteiger partial charge >= 0.3 is 5.69 Å². The minimum atomic E-state index is -0.773. The zero-order chi connectivity index (χ0) is 14.7. The van der Waals surface area contributed by atoms with Crippen molar-refractivity contribution in [3.63, 3.8) is 0 Å². The fourth-order valence-electron chi connectivity index (χ4n) is 1.43. The van der Waals surface area contributed by atoms with Crippen molar-refractivity contribution < 1.29 is 14.1 Å². The second-order valence-electron chi connectivity index (χ2n) is 3.60. The molecule has 0 radical (unpaired) electrons. The van der Waals surface area contributed by atoms with Crippen LogP contribution in [0.25, 0.3) is 0 Å². The average molecular weight is 297 g/mol. The van der Waals surface area contributed by atoms with Gasteiger partial charge in [0.05, 0.1) is 16.0 Å². The molecule has 0 atom stereocenters. The van der Waals surface area contributed by atoms with Crippen LogP contribution in [0.1, 0.15) is 15.4 Å². The molecule has 0 bridgehead atoms. The van der Waals surface area contributed by atoms with Crippen LogP contribution < -0.4 is 5.43 Å². The lowest BCUT2D eigenvalue weighted by Gasteiger charge is -1.99. The van der Waals surface area contributed by atoms with Crippen molar-refractivity contribution in [1.82, 2.24) is 15.2 Å². The molecule has 0 aliphatic heterocycles. The van der Waals surface area contributed by atoms with E-state index < -0.39 is 16.5 Å². The molecule has 0 aliphatic carbocycles. The van der Waals surface area contributed by atoms with E-state index in [1.54, 1.807) is 0 Å². The zero-order valence-electron chi connectivity index (χ0n) is 10.1. The van der Waals surface area contributed by atoms with Crippen molar-refractivity contribution >= 4 is 29.1 Å². The highest BCUT2D eigenvalue weighted by molar-refractivity contribution is 7.12. The van der Waals surface area contributed by atoms with Crippen LogP contribution in [0, 0.1) is 15.2 Å². The molecule has 2 aromatic rings. The molecule has 0 spiro atoms. The van der Waals surface area contributed by atoms with E-state index in [9.17, 15) is 19.3 Å². The lowest BCUT2D eigenvalue weighted by Crippen LogP contribution is -2.21. The number of rotatable bonds is 4. The predicted octanol–water partition coefficient (Wildman–Crippen LogP) is 1.29. The Bertz CT molecular complexity index is 693. The van der Waals surface area contributed by atoms with Crippen molar-refractivity contribution in [3.05, 3.63) is 44.1 Å². The Morgan fingerprint density at radius 1 is 1.65 bits per heavy atom. The predicted molar refractivity (Wildman–Crippen MR) is 69.2 cm³/mol. The zero-order valence-corrected chi connectivity index (χ0v) is 10.9. The topological polar surface area (TPSA) is 102 Å². The molecule has 20 heavy (non-hydrogen) atoms. The number of aryl methyl sites for hydroxylation is 1. The summed E-state index contributed by atoms with van der Waals surface area (Å²) in [7, 11) is 1.40. The first-order valence-electron chi connectivity index (χ1n) is 5.24. The first kappa shape index (κ1) is 13.8. The summed E-state index contributed by atoms with van der Waals surface area (Å²) in [6.07, 6.45) is 2.22. The van der Waals surface area contributed by atoms with Crippen molar-refractivity contribution in [2.75, 3.05) is 0 Å². The summed E-state index contributed by atoms with van der Waals surface area (Å²) in [5.74, 6) is -0.773. The van der Waals surface area contributed by atoms with Crippen LogP contribution in [0.15, 0.2) is 23.4 Å². The highest BCUT2D eigenvalue weighted by Gasteiger charge is 2.25. The summed E-state index contributed by atoms with van der Waals surface area (Å²) in [5.41, 5.74) is 1.50. The molecular formula is C10H8FN5O3S. The number of hydrogen-bond donors (Lipinski definition) is 1. The first-order valence-corrected chi connectivity index (χ1v) is 6.06. The minimum Gasteiger partial charge on any atom is -0.265 e. The summed E-state index contributed by atoms with van der Waals surface area (Å²) in [4.78, 5) is 22.3. The van der Waals surface area contributed by atoms with Crippen LogP contribution in [0.5, 0.6) is 0 Å². The lowest BCUT2D eigenvalue weighted by molar-refractivity contribution is -0.385. The maximum atomic E-state index is 12.7. The number of amides is 1. The molecule has 1 amide bonds. The largest absolute Gasteiger partial charge is 0.320 e. The molecule has 2 heterocycles. The number of hydrogen-bond acceptors (Lipinski definition) is 6. The Morgan fingerprint density at radius 3 is 3.00 bits per heavy atom. The van der Waals surface area contributed by atoms with Gasteiger partial charge in [-0.2, -0.15) is 14.6 Å². The van der Waals surface area contributed by atoms with Crippen molar-refractivity contribution in [3.8, 4) is 0 Å². The third kappa shape index (κ3) is 2.85. The van der Waals surface area contributed by atoms with Gasteiger partial charge < -0.3 is 0 Å². The van der Waals surface area contributed by atoms with Crippen LogP contribution in [0.3, 0.4) is 0 Å². The Hall–Kier alpha value is -2.62. The number of halogens is 1. The number of nitrogens with one attached hydrogen (secondary N) is 1. The van der Waals surface area contributed by atoms with Crippen molar-refractivity contribution in [1.29, 1.82) is 0 Å². The molecule has 0 saturated heterocycles. The number of nitro groups is 1. The van der Waals surface area contributed by atoms with Gasteiger partial charge in [0.2, 0.25) is 5.69 Å². The van der Waals surface area contributed by atoms with Gasteiger partial charge in [-0.1, -0.05) is 0 Å². The SMILES string of the molecule is Cn1ncc([N+](=O)[O-])c1C(=O)N/N=C\c1ccc(F)s1. The van der Waals surface area contributed by atoms with Crippen LogP contribution in [-0.4, -0.2) is 26.8 Å². The van der Waals surface area contributed by atoms with Gasteiger partial charge in [0.1, 0.15) is 6.20 Å². The van der Waals surface area contributed by atoms with E-state index in [1.807, 2.05) is 0 Å². The second-order valence-corrected chi connectivity index (χ2v) is 4.67. The molecule has 1 N–H and O–H groups in total. The number of aromatic nitrogens is 2. The molecule has 2 rings (SSSR count). The monoisotopic (exact) mass is 297 g/mol. The van der Waals surface area contributed by atoms with E-state index in [0.29, 0.717) is 4.88 Å². The number of carbonyl (C=O) groups excluding carboxylic acids is 1. The Balaban J connectivity index is 2.11. The summed E-state index contributed by atoms with van der Waals surface area (Å²) in [6, 6.07) is 2.75. The van der Waals surface area contributed by atoms with Gasteiger partial charge in [0.25, 0.3) is 5.91 Å². The summed E-state index contributed by atoms with van der Waals surface area (Å²) in [6.45, 7) is 0. The lowest BCUT2D eigenvalue weighted by atomic mass is 10.3. The highest BCUT2D eigenvalue weighted by Crippen LogP contribution is 2.16. The first-order chi connectivity index (χ1) is 9.49. The molecule has 8 nitrogen and oxygen atoms in total. The molecule has 2 aromatic heterocycles. The number of hydrazone groups is 1. The van der Waals surface area contributed by atoms with E-state index in [0.717, 1.165) is 22.2 Å². The number of thiophene rings is 1. The fraction of sp³-hybridized carbons (Fsp3) is 0.100. The molecule has 0 unspecified atom stereocenters. The van der Waals surface area contributed by atoms with Crippen LogP contribution >= 0.6 is 11.3 Å². The molecule has 0 aromatic carbocycles. The number of carbonyl (C=O) groups is 1. The molecular weight excluding hydrogens is 289 g/mol. The van der Waals surface area contributed by atoms with Crippen LogP contribution in [0.2, 0.25) is 0 Å². The molecule has 0 aliphatic rings. The van der Waals surface area contributed by atoms with Gasteiger partial charge in [0.15, 0.2) is 5.13 Å². The maximum Gasteiger partial charge on any atom is 0.320 e. The highest BCUT2D eigenvalue weighted by atomic mass is 32.1. The smallest absolute Gasteiger partial charge is 0.265 e. The van der Waals surface area contributed by atoms with E-state index >= 15 is 0 Å². The summed E-state index contributed by atoms with van der Waals surface area (Å²) >= 11 is 0.855. The van der Waals surface area contributed by atoms with Crippen molar-refractivity contribution in [2.45, 2.75) is 0 Å². The maximum absolute atomic E-state index is 12.7. The van der Waals surface area contributed by atoms with E-state index in [4.69, 9.17) is 0 Å². The Labute approximate surface area is 115 Å².